The monoisotopic (exact) mass is 280 g/mol. The Hall–Kier alpha value is -1.80. The molecule has 1 aromatic rings. The van der Waals surface area contributed by atoms with Gasteiger partial charge in [0.05, 0.1) is 4.92 Å². The zero-order valence-corrected chi connectivity index (χ0v) is 10.6. The molecule has 0 fully saturated rings. The number of rotatable bonds is 6. The first kappa shape index (κ1) is 15.3. The fraction of sp³-hybridized carbons (Fsp3) is 0.700. The maximum atomic E-state index is 12.0. The highest BCUT2D eigenvalue weighted by Crippen LogP contribution is 2.28. The third-order valence-corrected chi connectivity index (χ3v) is 2.54. The van der Waals surface area contributed by atoms with Crippen LogP contribution in [0.25, 0.3) is 0 Å². The average Bonchev–Trinajstić information content (AvgIpc) is 2.60. The number of aryl methyl sites for hydroxylation is 2. The van der Waals surface area contributed by atoms with Crippen LogP contribution in [-0.2, 0) is 13.5 Å². The number of nitrogens with zero attached hydrogens (tertiary/aromatic N) is 3. The highest BCUT2D eigenvalue weighted by atomic mass is 19.4. The Bertz CT molecular complexity index is 456. The molecule has 19 heavy (non-hydrogen) atoms. The summed E-state index contributed by atoms with van der Waals surface area (Å²) in [6.45, 7) is 1.73. The molecule has 0 aliphatic heterocycles. The minimum Gasteiger partial charge on any atom is -0.365 e. The molecule has 1 aromatic heterocycles. The largest absolute Gasteiger partial charge is 0.389 e. The fourth-order valence-electron chi connectivity index (χ4n) is 1.69. The second-order valence-electron chi connectivity index (χ2n) is 4.02. The van der Waals surface area contributed by atoms with Crippen LogP contribution in [0.1, 0.15) is 25.5 Å². The van der Waals surface area contributed by atoms with E-state index in [1.807, 2.05) is 0 Å². The van der Waals surface area contributed by atoms with Crippen molar-refractivity contribution in [2.75, 3.05) is 11.9 Å². The van der Waals surface area contributed by atoms with Crippen LogP contribution in [0.4, 0.5) is 24.7 Å². The van der Waals surface area contributed by atoms with E-state index < -0.39 is 17.5 Å². The van der Waals surface area contributed by atoms with Gasteiger partial charge in [0.25, 0.3) is 0 Å². The Morgan fingerprint density at radius 2 is 2.11 bits per heavy atom. The number of hydrogen-bond donors (Lipinski definition) is 1. The lowest BCUT2D eigenvalue weighted by Gasteiger charge is -2.08. The fourth-order valence-corrected chi connectivity index (χ4v) is 1.69. The van der Waals surface area contributed by atoms with E-state index in [-0.39, 0.29) is 24.5 Å². The molecular weight excluding hydrogens is 265 g/mol. The number of aromatic nitrogens is 2. The quantitative estimate of drug-likeness (QED) is 0.494. The van der Waals surface area contributed by atoms with Crippen molar-refractivity contribution in [2.45, 2.75) is 32.4 Å². The molecule has 1 heterocycles. The second kappa shape index (κ2) is 5.89. The molecule has 1 rings (SSSR count). The molecule has 0 unspecified atom stereocenters. The van der Waals surface area contributed by atoms with Crippen molar-refractivity contribution in [1.82, 2.24) is 9.78 Å². The predicted molar refractivity (Wildman–Crippen MR) is 63.0 cm³/mol. The Balaban J connectivity index is 2.73. The Morgan fingerprint density at radius 3 is 2.58 bits per heavy atom. The molecule has 0 aromatic carbocycles. The van der Waals surface area contributed by atoms with Crippen LogP contribution in [-0.4, -0.2) is 27.4 Å². The highest BCUT2D eigenvalue weighted by Gasteiger charge is 2.27. The van der Waals surface area contributed by atoms with E-state index in [9.17, 15) is 23.3 Å². The van der Waals surface area contributed by atoms with E-state index in [4.69, 9.17) is 0 Å². The molecule has 0 aliphatic rings. The summed E-state index contributed by atoms with van der Waals surface area (Å²) in [5, 5.41) is 17.6. The standard InChI is InChI=1S/C10H15F3N4O2/c1-3-7-8(17(18)19)9(16(2)15-7)14-6-4-5-10(11,12)13/h14H,3-6H2,1-2H3. The molecule has 0 spiro atoms. The Morgan fingerprint density at radius 1 is 1.47 bits per heavy atom. The van der Waals surface area contributed by atoms with E-state index in [1.165, 1.54) is 11.7 Å². The summed E-state index contributed by atoms with van der Waals surface area (Å²) in [6.07, 6.45) is -4.90. The molecule has 0 saturated heterocycles. The topological polar surface area (TPSA) is 73.0 Å². The summed E-state index contributed by atoms with van der Waals surface area (Å²) in [5.41, 5.74) is 0.142. The van der Waals surface area contributed by atoms with Crippen molar-refractivity contribution in [2.24, 2.45) is 7.05 Å². The molecule has 0 saturated carbocycles. The zero-order chi connectivity index (χ0) is 14.6. The first-order chi connectivity index (χ1) is 8.76. The van der Waals surface area contributed by atoms with Gasteiger partial charge in [0.1, 0.15) is 5.69 Å². The van der Waals surface area contributed by atoms with Crippen molar-refractivity contribution in [3.05, 3.63) is 15.8 Å². The van der Waals surface area contributed by atoms with Gasteiger partial charge in [0.15, 0.2) is 0 Å². The van der Waals surface area contributed by atoms with E-state index in [0.717, 1.165) is 0 Å². The smallest absolute Gasteiger partial charge is 0.365 e. The maximum absolute atomic E-state index is 12.0. The number of anilines is 1. The minimum atomic E-state index is -4.21. The summed E-state index contributed by atoms with van der Waals surface area (Å²) >= 11 is 0. The van der Waals surface area contributed by atoms with Gasteiger partial charge in [-0.25, -0.2) is 4.68 Å². The first-order valence-electron chi connectivity index (χ1n) is 5.77. The summed E-state index contributed by atoms with van der Waals surface area (Å²) in [6, 6.07) is 0. The maximum Gasteiger partial charge on any atom is 0.389 e. The Kier molecular flexibility index (Phi) is 4.73. The number of nitro groups is 1. The number of nitrogens with one attached hydrogen (secondary N) is 1. The van der Waals surface area contributed by atoms with Crippen molar-refractivity contribution in [3.8, 4) is 0 Å². The van der Waals surface area contributed by atoms with Crippen LogP contribution in [0.5, 0.6) is 0 Å². The summed E-state index contributed by atoms with van der Waals surface area (Å²) in [5.74, 6) is 0.143. The van der Waals surface area contributed by atoms with Crippen LogP contribution in [0.15, 0.2) is 0 Å². The summed E-state index contributed by atoms with van der Waals surface area (Å²) < 4.78 is 37.2. The van der Waals surface area contributed by atoms with Gasteiger partial charge in [-0.2, -0.15) is 18.3 Å². The van der Waals surface area contributed by atoms with Gasteiger partial charge in [0, 0.05) is 20.0 Å². The van der Waals surface area contributed by atoms with E-state index in [1.54, 1.807) is 6.92 Å². The summed E-state index contributed by atoms with van der Waals surface area (Å²) in [7, 11) is 1.51. The molecule has 1 N–H and O–H groups in total. The molecule has 6 nitrogen and oxygen atoms in total. The van der Waals surface area contributed by atoms with Crippen molar-refractivity contribution < 1.29 is 18.1 Å². The number of hydrogen-bond acceptors (Lipinski definition) is 4. The first-order valence-corrected chi connectivity index (χ1v) is 5.77. The van der Waals surface area contributed by atoms with E-state index in [0.29, 0.717) is 12.1 Å². The van der Waals surface area contributed by atoms with Crippen molar-refractivity contribution in [1.29, 1.82) is 0 Å². The van der Waals surface area contributed by atoms with Gasteiger partial charge >= 0.3 is 11.9 Å². The van der Waals surface area contributed by atoms with E-state index >= 15 is 0 Å². The molecule has 0 bridgehead atoms. The predicted octanol–water partition coefficient (Wildman–Crippen LogP) is 2.65. The third-order valence-electron chi connectivity index (χ3n) is 2.54. The van der Waals surface area contributed by atoms with Crippen LogP contribution >= 0.6 is 0 Å². The van der Waals surface area contributed by atoms with Crippen LogP contribution in [0.3, 0.4) is 0 Å². The molecular formula is C10H15F3N4O2. The normalized spacial score (nSPS) is 11.6. The molecule has 0 radical (unpaired) electrons. The lowest BCUT2D eigenvalue weighted by atomic mass is 10.2. The van der Waals surface area contributed by atoms with Gasteiger partial charge in [-0.1, -0.05) is 6.92 Å². The number of alkyl halides is 3. The lowest BCUT2D eigenvalue weighted by Crippen LogP contribution is -2.13. The highest BCUT2D eigenvalue weighted by molar-refractivity contribution is 5.59. The third kappa shape index (κ3) is 4.11. The van der Waals surface area contributed by atoms with Gasteiger partial charge < -0.3 is 5.32 Å². The van der Waals surface area contributed by atoms with Crippen molar-refractivity contribution in [3.63, 3.8) is 0 Å². The molecule has 108 valence electrons. The second-order valence-corrected chi connectivity index (χ2v) is 4.02. The van der Waals surface area contributed by atoms with Gasteiger partial charge in [0.2, 0.25) is 5.82 Å². The summed E-state index contributed by atoms with van der Waals surface area (Å²) in [4.78, 5) is 10.4. The van der Waals surface area contributed by atoms with Crippen LogP contribution in [0, 0.1) is 10.1 Å². The molecule has 0 amide bonds. The molecule has 9 heteroatoms. The van der Waals surface area contributed by atoms with E-state index in [2.05, 4.69) is 10.4 Å². The minimum absolute atomic E-state index is 0.00301. The van der Waals surface area contributed by atoms with Crippen LogP contribution in [0.2, 0.25) is 0 Å². The molecule has 0 atom stereocenters. The van der Waals surface area contributed by atoms with Gasteiger partial charge in [-0.15, -0.1) is 0 Å². The van der Waals surface area contributed by atoms with Gasteiger partial charge in [-0.3, -0.25) is 10.1 Å². The van der Waals surface area contributed by atoms with Crippen LogP contribution < -0.4 is 5.32 Å². The Labute approximate surface area is 107 Å². The van der Waals surface area contributed by atoms with Gasteiger partial charge in [-0.05, 0) is 12.8 Å². The molecule has 0 aliphatic carbocycles. The lowest BCUT2D eigenvalue weighted by molar-refractivity contribution is -0.384. The average molecular weight is 280 g/mol. The number of halogens is 3. The van der Waals surface area contributed by atoms with Crippen molar-refractivity contribution >= 4 is 11.5 Å². The zero-order valence-electron chi connectivity index (χ0n) is 10.6. The SMILES string of the molecule is CCc1nn(C)c(NCCCC(F)(F)F)c1[N+](=O)[O-].